The molecule has 12 heteroatoms. The third-order valence-corrected chi connectivity index (χ3v) is 9.60. The summed E-state index contributed by atoms with van der Waals surface area (Å²) in [5.41, 5.74) is 6.67. The molecule has 3 aromatic carbocycles. The molecule has 1 saturated heterocycles. The van der Waals surface area contributed by atoms with Crippen molar-refractivity contribution in [3.05, 3.63) is 83.4 Å². The number of fused-ring (bicyclic) bond motifs is 2. The predicted molar refractivity (Wildman–Crippen MR) is 202 cm³/mol. The Morgan fingerprint density at radius 1 is 0.887 bits per heavy atom. The molecular formula is C41H53N5O7. The zero-order valence-corrected chi connectivity index (χ0v) is 31.5. The van der Waals surface area contributed by atoms with Gasteiger partial charge in [-0.1, -0.05) is 68.4 Å². The average Bonchev–Trinajstić information content (AvgIpc) is 3.34. The van der Waals surface area contributed by atoms with Gasteiger partial charge in [-0.25, -0.2) is 0 Å². The molecule has 3 N–H and O–H groups in total. The number of rotatable bonds is 16. The highest BCUT2D eigenvalue weighted by atomic mass is 16.6. The molecule has 4 amide bonds. The summed E-state index contributed by atoms with van der Waals surface area (Å²) in [6.45, 7) is 12.4. The first-order valence-corrected chi connectivity index (χ1v) is 18.5. The van der Waals surface area contributed by atoms with E-state index in [1.165, 1.54) is 0 Å². The van der Waals surface area contributed by atoms with E-state index in [1.54, 1.807) is 37.8 Å². The lowest BCUT2D eigenvalue weighted by Gasteiger charge is -2.37. The number of imide groups is 1. The highest BCUT2D eigenvalue weighted by Gasteiger charge is 2.39. The van der Waals surface area contributed by atoms with Crippen molar-refractivity contribution < 1.29 is 33.4 Å². The summed E-state index contributed by atoms with van der Waals surface area (Å²) in [4.78, 5) is 73.8. The van der Waals surface area contributed by atoms with Crippen LogP contribution >= 0.6 is 0 Å². The Morgan fingerprint density at radius 2 is 1.47 bits per heavy atom. The standard InChI is InChI=1S/C41H53N5O7/c1-27(2)23-34(39(50)45(18-17-44-19-21-52-22-20-44)35(36(42)47)24-28-11-7-6-8-12-28)43-33(40(51)53-41(3,4)5)15-16-46-37(48)31-25-29-13-9-10-14-30(29)26-32(31)38(46)49/h6-14,25-27,33-35,43H,15-24H2,1-5H3,(H2,42,47)/t33-,34+,35+/m1/s1. The van der Waals surface area contributed by atoms with Crippen LogP contribution < -0.4 is 11.1 Å². The van der Waals surface area contributed by atoms with E-state index in [9.17, 15) is 24.0 Å². The SMILES string of the molecule is CC(C)C[C@H](N[C@H](CCN1C(=O)c2cc3ccccc3cc2C1=O)C(=O)OC(C)(C)C)C(=O)N(CCN1CCOCC1)[C@@H](Cc1ccccc1)C(N)=O. The first kappa shape index (κ1) is 39.6. The van der Waals surface area contributed by atoms with Gasteiger partial charge < -0.3 is 20.1 Å². The fourth-order valence-corrected chi connectivity index (χ4v) is 6.93. The van der Waals surface area contributed by atoms with Gasteiger partial charge in [-0.2, -0.15) is 0 Å². The van der Waals surface area contributed by atoms with Gasteiger partial charge in [-0.05, 0) is 68.0 Å². The Kier molecular flexibility index (Phi) is 13.0. The fourth-order valence-electron chi connectivity index (χ4n) is 6.93. The molecule has 0 spiro atoms. The molecule has 0 aliphatic carbocycles. The summed E-state index contributed by atoms with van der Waals surface area (Å²) in [5, 5.41) is 4.97. The normalized spacial score (nSPS) is 16.8. The Bertz CT molecular complexity index is 1730. The summed E-state index contributed by atoms with van der Waals surface area (Å²) in [6, 6.07) is 17.5. The first-order valence-electron chi connectivity index (χ1n) is 18.5. The van der Waals surface area contributed by atoms with Crippen molar-refractivity contribution in [2.24, 2.45) is 11.7 Å². The molecule has 1 fully saturated rings. The van der Waals surface area contributed by atoms with Crippen molar-refractivity contribution in [1.82, 2.24) is 20.0 Å². The van der Waals surface area contributed by atoms with Gasteiger partial charge in [0.1, 0.15) is 17.7 Å². The molecule has 0 bridgehead atoms. The summed E-state index contributed by atoms with van der Waals surface area (Å²) >= 11 is 0. The topological polar surface area (TPSA) is 152 Å². The number of ether oxygens (including phenoxy) is 2. The van der Waals surface area contributed by atoms with Gasteiger partial charge in [0, 0.05) is 39.1 Å². The molecule has 2 heterocycles. The number of carbonyl (C=O) groups excluding carboxylic acids is 5. The number of hydrogen-bond donors (Lipinski definition) is 2. The Morgan fingerprint density at radius 3 is 2.02 bits per heavy atom. The maximum absolute atomic E-state index is 14.8. The van der Waals surface area contributed by atoms with E-state index < -0.39 is 47.4 Å². The van der Waals surface area contributed by atoms with Crippen LogP contribution in [-0.4, -0.2) is 114 Å². The van der Waals surface area contributed by atoms with Gasteiger partial charge in [0.05, 0.1) is 30.4 Å². The van der Waals surface area contributed by atoms with E-state index in [0.29, 0.717) is 50.4 Å². The van der Waals surface area contributed by atoms with Crippen LogP contribution in [0.1, 0.15) is 73.7 Å². The Hall–Kier alpha value is -4.65. The second-order valence-electron chi connectivity index (χ2n) is 15.3. The fraction of sp³-hybridized carbons (Fsp3) is 0.488. The van der Waals surface area contributed by atoms with Crippen molar-refractivity contribution in [3.63, 3.8) is 0 Å². The lowest BCUT2D eigenvalue weighted by Crippen LogP contribution is -2.59. The van der Waals surface area contributed by atoms with Gasteiger partial charge in [-0.15, -0.1) is 0 Å². The van der Waals surface area contributed by atoms with Crippen LogP contribution in [0.3, 0.4) is 0 Å². The molecule has 0 radical (unpaired) electrons. The van der Waals surface area contributed by atoms with Crippen LogP contribution in [0.15, 0.2) is 66.7 Å². The monoisotopic (exact) mass is 727 g/mol. The number of esters is 1. The van der Waals surface area contributed by atoms with E-state index >= 15 is 0 Å². The maximum Gasteiger partial charge on any atom is 0.323 e. The highest BCUT2D eigenvalue weighted by Crippen LogP contribution is 2.28. The van der Waals surface area contributed by atoms with E-state index in [-0.39, 0.29) is 37.8 Å². The van der Waals surface area contributed by atoms with E-state index in [0.717, 1.165) is 21.2 Å². The zero-order chi connectivity index (χ0) is 38.3. The molecule has 0 unspecified atom stereocenters. The number of nitrogens with one attached hydrogen (secondary N) is 1. The number of amides is 4. The second kappa shape index (κ2) is 17.5. The minimum Gasteiger partial charge on any atom is -0.459 e. The average molecular weight is 728 g/mol. The molecule has 2 aliphatic heterocycles. The van der Waals surface area contributed by atoms with Crippen LogP contribution in [0.4, 0.5) is 0 Å². The molecule has 2 aliphatic rings. The van der Waals surface area contributed by atoms with Crippen LogP contribution in [0.25, 0.3) is 10.8 Å². The quantitative estimate of drug-likeness (QED) is 0.166. The molecule has 5 rings (SSSR count). The lowest BCUT2D eigenvalue weighted by molar-refractivity contribution is -0.158. The summed E-state index contributed by atoms with van der Waals surface area (Å²) in [6.07, 6.45) is 0.561. The molecule has 0 saturated carbocycles. The third kappa shape index (κ3) is 10.3. The minimum absolute atomic E-state index is 0.00117. The molecule has 0 aromatic heterocycles. The second-order valence-corrected chi connectivity index (χ2v) is 15.3. The van der Waals surface area contributed by atoms with E-state index in [2.05, 4.69) is 10.2 Å². The van der Waals surface area contributed by atoms with Crippen molar-refractivity contribution in [2.75, 3.05) is 45.9 Å². The number of nitrogens with two attached hydrogens (primary N) is 1. The number of nitrogens with zero attached hydrogens (tertiary/aromatic N) is 3. The third-order valence-electron chi connectivity index (χ3n) is 9.60. The van der Waals surface area contributed by atoms with Gasteiger partial charge >= 0.3 is 5.97 Å². The summed E-state index contributed by atoms with van der Waals surface area (Å²) in [7, 11) is 0. The predicted octanol–water partition coefficient (Wildman–Crippen LogP) is 3.80. The molecule has 3 aromatic rings. The van der Waals surface area contributed by atoms with Gasteiger partial charge in [0.2, 0.25) is 11.8 Å². The maximum atomic E-state index is 14.8. The van der Waals surface area contributed by atoms with E-state index in [1.807, 2.05) is 68.4 Å². The molecule has 53 heavy (non-hydrogen) atoms. The summed E-state index contributed by atoms with van der Waals surface area (Å²) in [5.74, 6) is -2.47. The number of primary amides is 1. The lowest BCUT2D eigenvalue weighted by atomic mass is 9.98. The summed E-state index contributed by atoms with van der Waals surface area (Å²) < 4.78 is 11.3. The molecular weight excluding hydrogens is 674 g/mol. The first-order chi connectivity index (χ1) is 25.2. The molecule has 12 nitrogen and oxygen atoms in total. The Labute approximate surface area is 311 Å². The number of hydrogen-bond acceptors (Lipinski definition) is 9. The number of morpholine rings is 1. The molecule has 284 valence electrons. The molecule has 3 atom stereocenters. The largest absolute Gasteiger partial charge is 0.459 e. The van der Waals surface area contributed by atoms with Gasteiger partial charge in [0.25, 0.3) is 11.8 Å². The van der Waals surface area contributed by atoms with E-state index in [4.69, 9.17) is 15.2 Å². The van der Waals surface area contributed by atoms with Gasteiger partial charge in [-0.3, -0.25) is 39.1 Å². The van der Waals surface area contributed by atoms with Crippen LogP contribution in [0, 0.1) is 5.92 Å². The highest BCUT2D eigenvalue weighted by molar-refractivity contribution is 6.23. The minimum atomic E-state index is -1.06. The van der Waals surface area contributed by atoms with Crippen molar-refractivity contribution in [3.8, 4) is 0 Å². The van der Waals surface area contributed by atoms with Crippen LogP contribution in [0.5, 0.6) is 0 Å². The van der Waals surface area contributed by atoms with Gasteiger partial charge in [0.15, 0.2) is 0 Å². The van der Waals surface area contributed by atoms with Crippen molar-refractivity contribution in [1.29, 1.82) is 0 Å². The number of carbonyl (C=O) groups is 5. The number of benzene rings is 3. The van der Waals surface area contributed by atoms with Crippen molar-refractivity contribution in [2.45, 2.75) is 77.6 Å². The smallest absolute Gasteiger partial charge is 0.323 e. The van der Waals surface area contributed by atoms with Crippen LogP contribution in [0.2, 0.25) is 0 Å². The zero-order valence-electron chi connectivity index (χ0n) is 31.5. The van der Waals surface area contributed by atoms with Crippen molar-refractivity contribution >= 4 is 40.4 Å². The van der Waals surface area contributed by atoms with Crippen LogP contribution in [-0.2, 0) is 30.3 Å². The Balaban J connectivity index is 1.42.